The Kier molecular flexibility index (Phi) is 3.70. The first kappa shape index (κ1) is 15.1. The van der Waals surface area contributed by atoms with Crippen molar-refractivity contribution >= 4 is 11.8 Å². The predicted molar refractivity (Wildman–Crippen MR) is 78.5 cm³/mol. The maximum absolute atomic E-state index is 12.3. The van der Waals surface area contributed by atoms with Crippen molar-refractivity contribution in [2.24, 2.45) is 0 Å². The van der Waals surface area contributed by atoms with Crippen LogP contribution in [0.15, 0.2) is 16.7 Å². The maximum atomic E-state index is 12.3. The van der Waals surface area contributed by atoms with Crippen molar-refractivity contribution in [3.8, 4) is 0 Å². The van der Waals surface area contributed by atoms with Gasteiger partial charge in [0.25, 0.3) is 5.91 Å². The lowest BCUT2D eigenvalue weighted by atomic mass is 9.90. The van der Waals surface area contributed by atoms with E-state index in [0.29, 0.717) is 32.0 Å². The van der Waals surface area contributed by atoms with Crippen molar-refractivity contribution < 1.29 is 18.7 Å². The highest BCUT2D eigenvalue weighted by Gasteiger charge is 2.51. The lowest BCUT2D eigenvalue weighted by molar-refractivity contribution is -0.187. The van der Waals surface area contributed by atoms with E-state index in [4.69, 9.17) is 9.15 Å². The summed E-state index contributed by atoms with van der Waals surface area (Å²) in [6, 6.07) is 1.51. The molecule has 2 aliphatic heterocycles. The van der Waals surface area contributed by atoms with Gasteiger partial charge in [0.1, 0.15) is 11.6 Å². The molecule has 2 saturated heterocycles. The maximum Gasteiger partial charge on any atom is 0.290 e. The minimum absolute atomic E-state index is 0.0455. The van der Waals surface area contributed by atoms with Crippen LogP contribution in [0, 0.1) is 6.92 Å². The van der Waals surface area contributed by atoms with E-state index < -0.39 is 0 Å². The van der Waals surface area contributed by atoms with Gasteiger partial charge in [-0.25, -0.2) is 0 Å². The summed E-state index contributed by atoms with van der Waals surface area (Å²) in [5.41, 5.74) is 0.474. The smallest absolute Gasteiger partial charge is 0.290 e. The summed E-state index contributed by atoms with van der Waals surface area (Å²) in [5.74, 6) is 0.242. The van der Waals surface area contributed by atoms with Gasteiger partial charge < -0.3 is 19.4 Å². The molecule has 7 heteroatoms. The SMILES string of the molecule is CNC(=O)[C@@H]1COC2(CN(C(=O)c3occc3C)C2)CN1C. The Bertz CT molecular complexity index is 591. The number of furan rings is 1. The Morgan fingerprint density at radius 2 is 2.09 bits per heavy atom. The van der Waals surface area contributed by atoms with E-state index in [9.17, 15) is 9.59 Å². The number of hydrogen-bond donors (Lipinski definition) is 1. The largest absolute Gasteiger partial charge is 0.459 e. The Hall–Kier alpha value is -1.86. The second-order valence-corrected chi connectivity index (χ2v) is 6.13. The molecule has 1 aromatic heterocycles. The van der Waals surface area contributed by atoms with Gasteiger partial charge in [-0.3, -0.25) is 14.5 Å². The molecule has 2 amide bonds. The van der Waals surface area contributed by atoms with Gasteiger partial charge in [-0.05, 0) is 20.0 Å². The van der Waals surface area contributed by atoms with Gasteiger partial charge in [-0.1, -0.05) is 0 Å². The number of hydrogen-bond acceptors (Lipinski definition) is 5. The summed E-state index contributed by atoms with van der Waals surface area (Å²) in [4.78, 5) is 27.8. The Labute approximate surface area is 129 Å². The minimum atomic E-state index is -0.366. The molecule has 1 spiro atoms. The van der Waals surface area contributed by atoms with Gasteiger partial charge >= 0.3 is 0 Å². The fraction of sp³-hybridized carbons (Fsp3) is 0.600. The van der Waals surface area contributed by atoms with E-state index in [1.807, 2.05) is 18.9 Å². The van der Waals surface area contributed by atoms with Gasteiger partial charge in [0, 0.05) is 19.2 Å². The van der Waals surface area contributed by atoms with Gasteiger partial charge in [-0.2, -0.15) is 0 Å². The summed E-state index contributed by atoms with van der Waals surface area (Å²) in [5, 5.41) is 2.64. The molecule has 7 nitrogen and oxygen atoms in total. The van der Waals surface area contributed by atoms with Crippen molar-refractivity contribution in [3.63, 3.8) is 0 Å². The first-order valence-corrected chi connectivity index (χ1v) is 7.35. The summed E-state index contributed by atoms with van der Waals surface area (Å²) >= 11 is 0. The van der Waals surface area contributed by atoms with Crippen LogP contribution in [0.2, 0.25) is 0 Å². The molecular formula is C15H21N3O4. The van der Waals surface area contributed by atoms with Gasteiger partial charge in [0.05, 0.1) is 26.0 Å². The number of amides is 2. The summed E-state index contributed by atoms with van der Waals surface area (Å²) in [6.45, 7) is 3.88. The molecule has 0 saturated carbocycles. The van der Waals surface area contributed by atoms with Crippen molar-refractivity contribution in [2.45, 2.75) is 18.6 Å². The van der Waals surface area contributed by atoms with E-state index in [0.717, 1.165) is 5.56 Å². The van der Waals surface area contributed by atoms with Crippen LogP contribution in [0.4, 0.5) is 0 Å². The summed E-state index contributed by atoms with van der Waals surface area (Å²) in [6.07, 6.45) is 1.52. The quantitative estimate of drug-likeness (QED) is 0.823. The van der Waals surface area contributed by atoms with Crippen LogP contribution < -0.4 is 5.32 Å². The van der Waals surface area contributed by atoms with E-state index in [1.165, 1.54) is 6.26 Å². The van der Waals surface area contributed by atoms with Crippen molar-refractivity contribution in [1.82, 2.24) is 15.1 Å². The zero-order chi connectivity index (χ0) is 15.9. The summed E-state index contributed by atoms with van der Waals surface area (Å²) < 4.78 is 11.2. The lowest BCUT2D eigenvalue weighted by Crippen LogP contribution is -2.73. The van der Waals surface area contributed by atoms with Crippen molar-refractivity contribution in [3.05, 3.63) is 23.7 Å². The topological polar surface area (TPSA) is 75.0 Å². The molecule has 0 bridgehead atoms. The Morgan fingerprint density at radius 1 is 1.36 bits per heavy atom. The summed E-state index contributed by atoms with van der Waals surface area (Å²) in [7, 11) is 3.53. The van der Waals surface area contributed by atoms with Crippen LogP contribution in [-0.4, -0.2) is 73.6 Å². The normalized spacial score (nSPS) is 24.1. The highest BCUT2D eigenvalue weighted by atomic mass is 16.5. The molecule has 0 unspecified atom stereocenters. The van der Waals surface area contributed by atoms with E-state index >= 15 is 0 Å². The third kappa shape index (κ3) is 2.40. The molecule has 22 heavy (non-hydrogen) atoms. The number of likely N-dealkylation sites (tertiary alicyclic amines) is 1. The molecule has 3 heterocycles. The second kappa shape index (κ2) is 5.40. The third-order valence-electron chi connectivity index (χ3n) is 4.47. The molecule has 1 atom stereocenters. The van der Waals surface area contributed by atoms with Crippen LogP contribution in [0.1, 0.15) is 16.1 Å². The standard InChI is InChI=1S/C15H21N3O4/c1-10-4-5-21-12(10)14(20)18-8-15(9-18)7-17(3)11(6-22-15)13(19)16-2/h4-5,11H,6-9H2,1-3H3,(H,16,19)/t11-/m0/s1. The number of nitrogens with one attached hydrogen (secondary N) is 1. The Morgan fingerprint density at radius 3 is 2.64 bits per heavy atom. The number of rotatable bonds is 2. The van der Waals surface area contributed by atoms with Crippen LogP contribution in [-0.2, 0) is 9.53 Å². The van der Waals surface area contributed by atoms with E-state index in [-0.39, 0.29) is 23.5 Å². The predicted octanol–water partition coefficient (Wildman–Crippen LogP) is -0.141. The number of likely N-dealkylation sites (N-methyl/N-ethyl adjacent to an activating group) is 2. The lowest BCUT2D eigenvalue weighted by Gasteiger charge is -2.54. The molecule has 2 aliphatic rings. The highest BCUT2D eigenvalue weighted by molar-refractivity contribution is 5.93. The van der Waals surface area contributed by atoms with Gasteiger partial charge in [0.15, 0.2) is 5.76 Å². The van der Waals surface area contributed by atoms with Gasteiger partial charge in [-0.15, -0.1) is 0 Å². The first-order valence-electron chi connectivity index (χ1n) is 7.35. The highest BCUT2D eigenvalue weighted by Crippen LogP contribution is 2.32. The molecule has 1 aromatic rings. The number of morpholine rings is 1. The van der Waals surface area contributed by atoms with Crippen molar-refractivity contribution in [1.29, 1.82) is 0 Å². The minimum Gasteiger partial charge on any atom is -0.459 e. The fourth-order valence-electron chi connectivity index (χ4n) is 3.16. The number of aryl methyl sites for hydroxylation is 1. The van der Waals surface area contributed by atoms with E-state index in [2.05, 4.69) is 5.32 Å². The van der Waals surface area contributed by atoms with Crippen LogP contribution in [0.5, 0.6) is 0 Å². The number of ether oxygens (including phenoxy) is 1. The molecule has 1 N–H and O–H groups in total. The second-order valence-electron chi connectivity index (χ2n) is 6.13. The average Bonchev–Trinajstić information content (AvgIpc) is 2.89. The molecule has 120 valence electrons. The third-order valence-corrected chi connectivity index (χ3v) is 4.47. The van der Waals surface area contributed by atoms with E-state index in [1.54, 1.807) is 18.0 Å². The molecule has 0 aromatic carbocycles. The molecular weight excluding hydrogens is 286 g/mol. The molecule has 0 radical (unpaired) electrons. The molecule has 2 fully saturated rings. The number of carbonyl (C=O) groups is 2. The monoisotopic (exact) mass is 307 g/mol. The number of nitrogens with zero attached hydrogens (tertiary/aromatic N) is 2. The van der Waals surface area contributed by atoms with Crippen molar-refractivity contribution in [2.75, 3.05) is 40.3 Å². The zero-order valence-corrected chi connectivity index (χ0v) is 13.1. The first-order chi connectivity index (χ1) is 10.5. The average molecular weight is 307 g/mol. The zero-order valence-electron chi connectivity index (χ0n) is 13.1. The van der Waals surface area contributed by atoms with Gasteiger partial charge in [0.2, 0.25) is 5.91 Å². The molecule has 3 rings (SSSR count). The Balaban J connectivity index is 1.60. The van der Waals surface area contributed by atoms with Crippen LogP contribution >= 0.6 is 0 Å². The number of carbonyl (C=O) groups excluding carboxylic acids is 2. The fourth-order valence-corrected chi connectivity index (χ4v) is 3.16. The van der Waals surface area contributed by atoms with Crippen LogP contribution in [0.3, 0.4) is 0 Å². The molecule has 0 aliphatic carbocycles. The van der Waals surface area contributed by atoms with Crippen LogP contribution in [0.25, 0.3) is 0 Å².